The molecule has 2 aromatic heterocycles. The summed E-state index contributed by atoms with van der Waals surface area (Å²) < 4.78 is 5.42. The molecule has 0 aliphatic carbocycles. The van der Waals surface area contributed by atoms with Crippen LogP contribution in [0, 0.1) is 10.1 Å². The van der Waals surface area contributed by atoms with Gasteiger partial charge < -0.3 is 14.9 Å². The molecule has 0 fully saturated rings. The highest BCUT2D eigenvalue weighted by Gasteiger charge is 2.22. The number of ether oxygens (including phenoxy) is 1. The molecule has 1 aromatic carbocycles. The van der Waals surface area contributed by atoms with Crippen LogP contribution in [0.15, 0.2) is 48.0 Å². The second-order valence-electron chi connectivity index (χ2n) is 5.92. The first-order valence-corrected chi connectivity index (χ1v) is 9.47. The van der Waals surface area contributed by atoms with Crippen LogP contribution in [0.25, 0.3) is 11.3 Å². The number of carbonyl (C=O) groups is 1. The summed E-state index contributed by atoms with van der Waals surface area (Å²) in [5, 5.41) is 16.0. The minimum absolute atomic E-state index is 0.0639. The number of rotatable bonds is 7. The second kappa shape index (κ2) is 8.57. The summed E-state index contributed by atoms with van der Waals surface area (Å²) in [5.74, 6) is -0.958. The predicted octanol–water partition coefficient (Wildman–Crippen LogP) is 4.08. The lowest BCUT2D eigenvalue weighted by molar-refractivity contribution is -0.390. The van der Waals surface area contributed by atoms with E-state index >= 15 is 0 Å². The summed E-state index contributed by atoms with van der Waals surface area (Å²) in [7, 11) is 0. The van der Waals surface area contributed by atoms with Gasteiger partial charge in [-0.2, -0.15) is 0 Å². The third-order valence-corrected chi connectivity index (χ3v) is 4.75. The van der Waals surface area contributed by atoms with Crippen molar-refractivity contribution in [1.82, 2.24) is 9.97 Å². The molecule has 1 unspecified atom stereocenters. The van der Waals surface area contributed by atoms with Crippen LogP contribution in [0.4, 0.5) is 10.9 Å². The number of amides is 1. The number of hydrogen-bond acceptors (Lipinski definition) is 7. The Morgan fingerprint density at radius 1 is 1.32 bits per heavy atom. The van der Waals surface area contributed by atoms with Crippen molar-refractivity contribution in [2.75, 3.05) is 5.32 Å². The van der Waals surface area contributed by atoms with Crippen molar-refractivity contribution < 1.29 is 14.5 Å². The third kappa shape index (κ3) is 4.49. The van der Waals surface area contributed by atoms with E-state index in [4.69, 9.17) is 4.74 Å². The van der Waals surface area contributed by atoms with Crippen LogP contribution in [-0.4, -0.2) is 26.9 Å². The van der Waals surface area contributed by atoms with Gasteiger partial charge in [-0.3, -0.25) is 10.1 Å². The Hall–Kier alpha value is -3.33. The van der Waals surface area contributed by atoms with Crippen LogP contribution in [0.1, 0.15) is 19.4 Å². The molecule has 0 aliphatic rings. The molecule has 28 heavy (non-hydrogen) atoms. The normalized spacial score (nSPS) is 11.6. The molecule has 9 heteroatoms. The minimum atomic E-state index is -0.959. The maximum atomic E-state index is 12.4. The first-order chi connectivity index (χ1) is 13.5. The van der Waals surface area contributed by atoms with Gasteiger partial charge in [0.2, 0.25) is 5.75 Å². The fourth-order valence-electron chi connectivity index (χ4n) is 2.44. The average molecular weight is 398 g/mol. The maximum Gasteiger partial charge on any atom is 0.406 e. The molecular weight excluding hydrogens is 380 g/mol. The van der Waals surface area contributed by atoms with Gasteiger partial charge in [-0.1, -0.05) is 31.2 Å². The summed E-state index contributed by atoms with van der Waals surface area (Å²) in [6.07, 6.45) is 1.30. The fraction of sp³-hybridized carbons (Fsp3) is 0.211. The average Bonchev–Trinajstić information content (AvgIpc) is 3.16. The van der Waals surface area contributed by atoms with E-state index in [9.17, 15) is 14.9 Å². The Morgan fingerprint density at radius 3 is 2.75 bits per heavy atom. The molecule has 144 valence electrons. The molecule has 2 heterocycles. The highest BCUT2D eigenvalue weighted by Crippen LogP contribution is 2.27. The molecule has 1 N–H and O–H groups in total. The van der Waals surface area contributed by atoms with Crippen molar-refractivity contribution >= 4 is 28.2 Å². The molecule has 0 bridgehead atoms. The van der Waals surface area contributed by atoms with Gasteiger partial charge in [0.25, 0.3) is 5.91 Å². The molecule has 3 rings (SSSR count). The number of aromatic nitrogens is 2. The van der Waals surface area contributed by atoms with Crippen LogP contribution in [0.3, 0.4) is 0 Å². The SMILES string of the molecule is CCc1ccc(-c2csc(NC(=O)C(C)Oc3cccnc3[N+](=O)[O-])n2)cc1. The lowest BCUT2D eigenvalue weighted by atomic mass is 10.1. The first-order valence-electron chi connectivity index (χ1n) is 8.59. The number of aryl methyl sites for hydroxylation is 1. The van der Waals surface area contributed by atoms with Gasteiger partial charge >= 0.3 is 5.82 Å². The predicted molar refractivity (Wildman–Crippen MR) is 107 cm³/mol. The standard InChI is InChI=1S/C19H18N4O4S/c1-3-13-6-8-14(9-7-13)15-11-28-19(21-15)22-18(24)12(2)27-16-5-4-10-20-17(16)23(25)26/h4-12H,3H2,1-2H3,(H,21,22,24). The monoisotopic (exact) mass is 398 g/mol. The van der Waals surface area contributed by atoms with Crippen molar-refractivity contribution in [3.05, 3.63) is 63.7 Å². The van der Waals surface area contributed by atoms with Crippen LogP contribution >= 0.6 is 11.3 Å². The Bertz CT molecular complexity index is 988. The van der Waals surface area contributed by atoms with E-state index in [1.54, 1.807) is 0 Å². The molecule has 0 radical (unpaired) electrons. The van der Waals surface area contributed by atoms with E-state index in [1.165, 1.54) is 42.2 Å². The summed E-state index contributed by atoms with van der Waals surface area (Å²) in [6.45, 7) is 3.60. The van der Waals surface area contributed by atoms with Crippen LogP contribution in [0.5, 0.6) is 5.75 Å². The highest BCUT2D eigenvalue weighted by molar-refractivity contribution is 7.14. The minimum Gasteiger partial charge on any atom is -0.473 e. The van der Waals surface area contributed by atoms with E-state index in [1.807, 2.05) is 29.6 Å². The van der Waals surface area contributed by atoms with Gasteiger partial charge in [-0.25, -0.2) is 4.98 Å². The zero-order chi connectivity index (χ0) is 20.1. The van der Waals surface area contributed by atoms with E-state index in [0.29, 0.717) is 5.13 Å². The Kier molecular flexibility index (Phi) is 5.95. The molecule has 0 aliphatic heterocycles. The van der Waals surface area contributed by atoms with Gasteiger partial charge in [0, 0.05) is 10.9 Å². The summed E-state index contributed by atoms with van der Waals surface area (Å²) in [5.41, 5.74) is 2.96. The van der Waals surface area contributed by atoms with Gasteiger partial charge in [0.1, 0.15) is 6.20 Å². The number of pyridine rings is 1. The smallest absolute Gasteiger partial charge is 0.406 e. The molecular formula is C19H18N4O4S. The lowest BCUT2D eigenvalue weighted by Gasteiger charge is -2.13. The molecule has 1 amide bonds. The number of carbonyl (C=O) groups excluding carboxylic acids is 1. The topological polar surface area (TPSA) is 107 Å². The van der Waals surface area contributed by atoms with Crippen LogP contribution < -0.4 is 10.1 Å². The highest BCUT2D eigenvalue weighted by atomic mass is 32.1. The zero-order valence-electron chi connectivity index (χ0n) is 15.3. The number of hydrogen-bond donors (Lipinski definition) is 1. The molecule has 0 saturated heterocycles. The summed E-state index contributed by atoms with van der Waals surface area (Å²) in [4.78, 5) is 30.8. The number of benzene rings is 1. The van der Waals surface area contributed by atoms with E-state index < -0.39 is 22.8 Å². The van der Waals surface area contributed by atoms with E-state index in [-0.39, 0.29) is 5.75 Å². The van der Waals surface area contributed by atoms with Crippen LogP contribution in [0.2, 0.25) is 0 Å². The fourth-order valence-corrected chi connectivity index (χ4v) is 3.16. The zero-order valence-corrected chi connectivity index (χ0v) is 16.1. The quantitative estimate of drug-likeness (QED) is 0.475. The van der Waals surface area contributed by atoms with Gasteiger partial charge in [0.05, 0.1) is 5.69 Å². The molecule has 3 aromatic rings. The number of anilines is 1. The van der Waals surface area contributed by atoms with Crippen molar-refractivity contribution in [3.8, 4) is 17.0 Å². The molecule has 1 atom stereocenters. The van der Waals surface area contributed by atoms with Crippen molar-refractivity contribution in [2.24, 2.45) is 0 Å². The second-order valence-corrected chi connectivity index (χ2v) is 6.78. The largest absolute Gasteiger partial charge is 0.473 e. The van der Waals surface area contributed by atoms with Crippen LogP contribution in [-0.2, 0) is 11.2 Å². The van der Waals surface area contributed by atoms with Crippen molar-refractivity contribution in [3.63, 3.8) is 0 Å². The van der Waals surface area contributed by atoms with Gasteiger partial charge in [-0.05, 0) is 40.9 Å². The van der Waals surface area contributed by atoms with E-state index in [2.05, 4.69) is 22.2 Å². The number of nitrogens with zero attached hydrogens (tertiary/aromatic N) is 3. The Balaban J connectivity index is 1.66. The number of thiazole rings is 1. The number of nitro groups is 1. The third-order valence-electron chi connectivity index (χ3n) is 3.99. The molecule has 0 saturated carbocycles. The van der Waals surface area contributed by atoms with Gasteiger partial charge in [-0.15, -0.1) is 11.3 Å². The lowest BCUT2D eigenvalue weighted by Crippen LogP contribution is -2.30. The maximum absolute atomic E-state index is 12.4. The van der Waals surface area contributed by atoms with Crippen molar-refractivity contribution in [2.45, 2.75) is 26.4 Å². The molecule has 8 nitrogen and oxygen atoms in total. The number of nitrogens with one attached hydrogen (secondary N) is 1. The Labute approximate surface area is 165 Å². The van der Waals surface area contributed by atoms with Gasteiger partial charge in [0.15, 0.2) is 11.2 Å². The van der Waals surface area contributed by atoms with Crippen molar-refractivity contribution in [1.29, 1.82) is 0 Å². The molecule has 0 spiro atoms. The van der Waals surface area contributed by atoms with E-state index in [0.717, 1.165) is 17.7 Å². The summed E-state index contributed by atoms with van der Waals surface area (Å²) in [6, 6.07) is 11.0. The first kappa shape index (κ1) is 19.4. The summed E-state index contributed by atoms with van der Waals surface area (Å²) >= 11 is 1.30. The Morgan fingerprint density at radius 2 is 2.07 bits per heavy atom.